The van der Waals surface area contributed by atoms with Crippen LogP contribution in [0.1, 0.15) is 72.1 Å². The molecule has 1 rings (SSSR count). The lowest BCUT2D eigenvalue weighted by molar-refractivity contribution is -0.294. The van der Waals surface area contributed by atoms with E-state index in [0.717, 1.165) is 12.8 Å². The van der Waals surface area contributed by atoms with Crippen molar-refractivity contribution in [3.8, 4) is 0 Å². The highest BCUT2D eigenvalue weighted by Gasteiger charge is 2.58. The highest BCUT2D eigenvalue weighted by atomic mass is 19.4. The van der Waals surface area contributed by atoms with Gasteiger partial charge in [-0.05, 0) is 58.8 Å². The monoisotopic (exact) mass is 402 g/mol. The molecule has 0 N–H and O–H groups in total. The van der Waals surface area contributed by atoms with Gasteiger partial charge in [0.1, 0.15) is 5.60 Å². The number of ether oxygens (including phenoxy) is 2. The van der Waals surface area contributed by atoms with Gasteiger partial charge in [-0.25, -0.2) is 0 Å². The summed E-state index contributed by atoms with van der Waals surface area (Å²) in [7, 11) is 0. The second kappa shape index (κ2) is 8.73. The summed E-state index contributed by atoms with van der Waals surface area (Å²) in [6, 6.07) is 0. The van der Waals surface area contributed by atoms with Crippen molar-refractivity contribution in [2.75, 3.05) is 6.61 Å². The van der Waals surface area contributed by atoms with Gasteiger partial charge in [0.15, 0.2) is 6.61 Å². The molecule has 0 heterocycles. The molecule has 0 unspecified atom stereocenters. The first-order valence-corrected chi connectivity index (χ1v) is 9.08. The van der Waals surface area contributed by atoms with E-state index in [4.69, 9.17) is 4.74 Å². The number of carbonyl (C=O) groups excluding carboxylic acids is 2. The van der Waals surface area contributed by atoms with E-state index in [1.807, 2.05) is 6.92 Å². The smallest absolute Gasteiger partial charge is 0.456 e. The Balaban J connectivity index is 2.52. The van der Waals surface area contributed by atoms with Crippen LogP contribution in [0.4, 0.5) is 22.0 Å². The molecule has 0 aliphatic heterocycles. The summed E-state index contributed by atoms with van der Waals surface area (Å²) in [5.41, 5.74) is -1.35. The fourth-order valence-corrected chi connectivity index (χ4v) is 2.78. The summed E-state index contributed by atoms with van der Waals surface area (Å²) < 4.78 is 71.4. The molecule has 0 bridgehead atoms. The first-order valence-electron chi connectivity index (χ1n) is 9.08. The number of hydrogen-bond acceptors (Lipinski definition) is 4. The van der Waals surface area contributed by atoms with Crippen molar-refractivity contribution >= 4 is 11.9 Å². The fraction of sp³-hybridized carbons (Fsp3) is 0.889. The summed E-state index contributed by atoms with van der Waals surface area (Å²) in [5, 5.41) is 0. The van der Waals surface area contributed by atoms with Gasteiger partial charge in [-0.1, -0.05) is 6.92 Å². The normalized spacial score (nSPS) is 17.6. The molecule has 27 heavy (non-hydrogen) atoms. The minimum atomic E-state index is -5.76. The topological polar surface area (TPSA) is 52.6 Å². The van der Waals surface area contributed by atoms with Crippen molar-refractivity contribution in [3.05, 3.63) is 0 Å². The number of alkyl halides is 5. The van der Waals surface area contributed by atoms with Crippen molar-refractivity contribution in [3.63, 3.8) is 0 Å². The summed E-state index contributed by atoms with van der Waals surface area (Å²) in [5.74, 6) is -6.54. The largest absolute Gasteiger partial charge is 0.459 e. The summed E-state index contributed by atoms with van der Waals surface area (Å²) in [6.45, 7) is 3.39. The lowest BCUT2D eigenvalue weighted by Gasteiger charge is -2.33. The third-order valence-electron chi connectivity index (χ3n) is 5.10. The molecular weight excluding hydrogens is 375 g/mol. The lowest BCUT2D eigenvalue weighted by atomic mass is 9.89. The van der Waals surface area contributed by atoms with Crippen LogP contribution in [-0.2, 0) is 19.1 Å². The Labute approximate surface area is 155 Å². The zero-order valence-electron chi connectivity index (χ0n) is 15.9. The third kappa shape index (κ3) is 6.60. The zero-order valence-corrected chi connectivity index (χ0v) is 15.9. The molecule has 1 aliphatic rings. The van der Waals surface area contributed by atoms with Crippen LogP contribution in [0.5, 0.6) is 0 Å². The van der Waals surface area contributed by atoms with Crippen LogP contribution in [0.25, 0.3) is 0 Å². The Morgan fingerprint density at radius 2 is 1.59 bits per heavy atom. The van der Waals surface area contributed by atoms with Gasteiger partial charge in [-0.2, -0.15) is 22.0 Å². The minimum Gasteiger partial charge on any atom is -0.459 e. The van der Waals surface area contributed by atoms with Crippen LogP contribution < -0.4 is 0 Å². The lowest BCUT2D eigenvalue weighted by Crippen LogP contribution is -2.41. The molecular formula is C18H27F5O4. The van der Waals surface area contributed by atoms with Gasteiger partial charge in [0.25, 0.3) is 0 Å². The number of carbonyl (C=O) groups is 2. The van der Waals surface area contributed by atoms with E-state index < -0.39 is 35.7 Å². The molecule has 0 aromatic rings. The van der Waals surface area contributed by atoms with Crippen LogP contribution in [0.15, 0.2) is 0 Å². The number of esters is 2. The maximum atomic E-state index is 12.7. The van der Waals surface area contributed by atoms with Crippen LogP contribution in [0.2, 0.25) is 0 Å². The predicted molar refractivity (Wildman–Crippen MR) is 87.2 cm³/mol. The fourth-order valence-electron chi connectivity index (χ4n) is 2.78. The molecule has 0 aromatic heterocycles. The molecule has 0 atom stereocenters. The Bertz CT molecular complexity index is 522. The second-order valence-electron chi connectivity index (χ2n) is 7.73. The summed E-state index contributed by atoms with van der Waals surface area (Å²) in [4.78, 5) is 23.8. The maximum absolute atomic E-state index is 12.7. The molecule has 0 amide bonds. The molecule has 0 radical (unpaired) electrons. The molecule has 4 nitrogen and oxygen atoms in total. The Kier molecular flexibility index (Phi) is 7.64. The number of halogens is 5. The molecule has 158 valence electrons. The molecule has 1 fully saturated rings. The van der Waals surface area contributed by atoms with Gasteiger partial charge < -0.3 is 9.47 Å². The highest BCUT2D eigenvalue weighted by molar-refractivity contribution is 5.76. The van der Waals surface area contributed by atoms with Crippen molar-refractivity contribution in [1.29, 1.82) is 0 Å². The summed E-state index contributed by atoms with van der Waals surface area (Å²) >= 11 is 0. The van der Waals surface area contributed by atoms with Crippen molar-refractivity contribution in [2.45, 2.75) is 89.8 Å². The first kappa shape index (κ1) is 23.6. The molecule has 9 heteroatoms. The Morgan fingerprint density at radius 3 is 2.07 bits per heavy atom. The predicted octanol–water partition coefficient (Wildman–Crippen LogP) is 5.19. The van der Waals surface area contributed by atoms with E-state index >= 15 is 0 Å². The number of rotatable bonds is 9. The second-order valence-corrected chi connectivity index (χ2v) is 7.73. The van der Waals surface area contributed by atoms with Crippen LogP contribution in [0.3, 0.4) is 0 Å². The van der Waals surface area contributed by atoms with Crippen LogP contribution in [0, 0.1) is 5.41 Å². The maximum Gasteiger partial charge on any atom is 0.456 e. The molecule has 0 spiro atoms. The van der Waals surface area contributed by atoms with E-state index in [1.54, 1.807) is 13.8 Å². The van der Waals surface area contributed by atoms with Crippen molar-refractivity contribution in [2.24, 2.45) is 5.41 Å². The van der Waals surface area contributed by atoms with Crippen molar-refractivity contribution in [1.82, 2.24) is 0 Å². The first-order chi connectivity index (χ1) is 12.2. The standard InChI is InChI=1S/C18H27F5O4/c1-4-15(2,3)14(25)27-16(9-5-6-10-16)11-7-8-13(24)26-12-17(19,20)18(21,22)23/h4-12H2,1-3H3. The zero-order chi connectivity index (χ0) is 20.9. The highest BCUT2D eigenvalue weighted by Crippen LogP contribution is 2.40. The van der Waals surface area contributed by atoms with Crippen LogP contribution >= 0.6 is 0 Å². The summed E-state index contributed by atoms with van der Waals surface area (Å²) in [6.07, 6.45) is -1.96. The third-order valence-corrected chi connectivity index (χ3v) is 5.10. The SMILES string of the molecule is CCC(C)(C)C(=O)OC1(CCCC(=O)OCC(F)(F)C(F)(F)F)CCCC1. The van der Waals surface area contributed by atoms with Gasteiger partial charge in [0.2, 0.25) is 0 Å². The van der Waals surface area contributed by atoms with E-state index in [-0.39, 0.29) is 18.8 Å². The minimum absolute atomic E-state index is 0.177. The molecule has 0 saturated heterocycles. The quantitative estimate of drug-likeness (QED) is 0.393. The average Bonchev–Trinajstić information content (AvgIpc) is 3.00. The average molecular weight is 402 g/mol. The van der Waals surface area contributed by atoms with Gasteiger partial charge in [-0.15, -0.1) is 0 Å². The van der Waals surface area contributed by atoms with Crippen LogP contribution in [-0.4, -0.2) is 36.2 Å². The Morgan fingerprint density at radius 1 is 1.04 bits per heavy atom. The van der Waals surface area contributed by atoms with E-state index in [9.17, 15) is 31.5 Å². The number of hydrogen-bond donors (Lipinski definition) is 0. The van der Waals surface area contributed by atoms with E-state index in [0.29, 0.717) is 25.7 Å². The van der Waals surface area contributed by atoms with Gasteiger partial charge in [0.05, 0.1) is 5.41 Å². The van der Waals surface area contributed by atoms with E-state index in [2.05, 4.69) is 4.74 Å². The molecule has 1 saturated carbocycles. The van der Waals surface area contributed by atoms with Gasteiger partial charge in [-0.3, -0.25) is 9.59 Å². The Hall–Kier alpha value is -1.41. The van der Waals surface area contributed by atoms with Gasteiger partial charge >= 0.3 is 24.0 Å². The molecule has 1 aliphatic carbocycles. The van der Waals surface area contributed by atoms with E-state index in [1.165, 1.54) is 0 Å². The molecule has 0 aromatic carbocycles. The van der Waals surface area contributed by atoms with Crippen molar-refractivity contribution < 1.29 is 41.0 Å². The van der Waals surface area contributed by atoms with Gasteiger partial charge in [0, 0.05) is 6.42 Å².